The van der Waals surface area contributed by atoms with Gasteiger partial charge >= 0.3 is 0 Å². The van der Waals surface area contributed by atoms with Crippen LogP contribution in [0.25, 0.3) is 5.73 Å². The second-order valence-electron chi connectivity index (χ2n) is 2.16. The third-order valence-corrected chi connectivity index (χ3v) is 1.36. The second kappa shape index (κ2) is 7.27. The molecule has 0 atom stereocenters. The number of nitrogens with one attached hydrogen (secondary N) is 1. The van der Waals surface area contributed by atoms with Gasteiger partial charge < -0.3 is 20.4 Å². The third-order valence-electron chi connectivity index (χ3n) is 1.36. The monoisotopic (exact) mass is 436 g/mol. The van der Waals surface area contributed by atoms with E-state index in [4.69, 9.17) is 10.8 Å². The van der Waals surface area contributed by atoms with E-state index in [2.05, 4.69) is 0 Å². The Morgan fingerprint density at radius 2 is 2.00 bits per heavy atom. The largest absolute Gasteiger partial charge is 0.664 e. The van der Waals surface area contributed by atoms with Crippen molar-refractivity contribution in [1.29, 1.82) is 0 Å². The van der Waals surface area contributed by atoms with Crippen molar-refractivity contribution in [2.45, 2.75) is 0 Å². The SMILES string of the molecule is [NH-]C(=O)c1cc([C-]=O)ccc1O.[W].[Y]. The molecule has 0 saturated heterocycles. The van der Waals surface area contributed by atoms with Gasteiger partial charge in [0.25, 0.3) is 0 Å². The molecule has 0 fully saturated rings. The molecule has 1 aromatic carbocycles. The Hall–Kier alpha value is -0.0478. The Bertz CT molecular complexity index is 343. The summed E-state index contributed by atoms with van der Waals surface area (Å²) in [5.74, 6) is -1.32. The van der Waals surface area contributed by atoms with E-state index < -0.39 is 5.91 Å². The molecular formula is C8H5NO3WY-2. The molecule has 6 heteroatoms. The fraction of sp³-hybridized carbons (Fsp3) is 0. The van der Waals surface area contributed by atoms with Crippen LogP contribution in [0.1, 0.15) is 15.9 Å². The van der Waals surface area contributed by atoms with Crippen LogP contribution in [-0.4, -0.2) is 17.3 Å². The first-order valence-electron chi connectivity index (χ1n) is 3.12. The summed E-state index contributed by atoms with van der Waals surface area (Å²) < 4.78 is 0. The van der Waals surface area contributed by atoms with Gasteiger partial charge in [-0.2, -0.15) is 11.6 Å². The van der Waals surface area contributed by atoms with Gasteiger partial charge in [0, 0.05) is 53.8 Å². The fourth-order valence-corrected chi connectivity index (χ4v) is 0.781. The molecule has 0 saturated carbocycles. The first-order chi connectivity index (χ1) is 5.65. The summed E-state index contributed by atoms with van der Waals surface area (Å²) in [4.78, 5) is 20.6. The summed E-state index contributed by atoms with van der Waals surface area (Å²) in [5.41, 5.74) is 6.66. The van der Waals surface area contributed by atoms with Gasteiger partial charge in [-0.15, -0.1) is 6.07 Å². The average molecular weight is 436 g/mol. The molecule has 0 heterocycles. The van der Waals surface area contributed by atoms with Crippen LogP contribution in [0.5, 0.6) is 5.75 Å². The van der Waals surface area contributed by atoms with E-state index in [1.807, 2.05) is 0 Å². The van der Waals surface area contributed by atoms with E-state index in [1.165, 1.54) is 12.1 Å². The minimum atomic E-state index is -1.02. The van der Waals surface area contributed by atoms with Crippen molar-refractivity contribution in [3.8, 4) is 5.75 Å². The fourth-order valence-electron chi connectivity index (χ4n) is 0.781. The summed E-state index contributed by atoms with van der Waals surface area (Å²) in [6.45, 7) is 0. The predicted octanol–water partition coefficient (Wildman–Crippen LogP) is 1.04. The van der Waals surface area contributed by atoms with Gasteiger partial charge in [0.05, 0.1) is 12.2 Å². The number of phenols is 1. The van der Waals surface area contributed by atoms with E-state index in [9.17, 15) is 9.59 Å². The zero-order valence-electron chi connectivity index (χ0n) is 6.98. The molecule has 1 aromatic rings. The molecule has 71 valence electrons. The van der Waals surface area contributed by atoms with Crippen LogP contribution in [0.15, 0.2) is 18.2 Å². The van der Waals surface area contributed by atoms with Gasteiger partial charge in [0.2, 0.25) is 0 Å². The quantitative estimate of drug-likeness (QED) is 0.705. The maximum Gasteiger partial charge on any atom is 0.100 e. The number of hydrogen-bond acceptors (Lipinski definition) is 3. The van der Waals surface area contributed by atoms with Gasteiger partial charge in [-0.25, -0.2) is 0 Å². The molecule has 1 rings (SSSR count). The number of aromatic hydroxyl groups is 1. The van der Waals surface area contributed by atoms with Crippen LogP contribution in [0.4, 0.5) is 0 Å². The van der Waals surface area contributed by atoms with Crippen LogP contribution < -0.4 is 0 Å². The first-order valence-corrected chi connectivity index (χ1v) is 3.12. The van der Waals surface area contributed by atoms with E-state index in [1.54, 1.807) is 6.29 Å². The summed E-state index contributed by atoms with van der Waals surface area (Å²) in [7, 11) is 0. The van der Waals surface area contributed by atoms with Crippen LogP contribution in [0.2, 0.25) is 0 Å². The van der Waals surface area contributed by atoms with Gasteiger partial charge in [0.15, 0.2) is 0 Å². The number of carbonyl (C=O) groups excluding carboxylic acids is 2. The smallest absolute Gasteiger partial charge is 0.100 e. The predicted molar refractivity (Wildman–Crippen MR) is 41.6 cm³/mol. The van der Waals surface area contributed by atoms with Crippen molar-refractivity contribution >= 4 is 12.2 Å². The molecule has 0 spiro atoms. The molecule has 0 bridgehead atoms. The minimum absolute atomic E-state index is 0. The summed E-state index contributed by atoms with van der Waals surface area (Å²) in [6.07, 6.45) is 1.55. The van der Waals surface area contributed by atoms with Crippen molar-refractivity contribution in [3.63, 3.8) is 0 Å². The van der Waals surface area contributed by atoms with Gasteiger partial charge in [-0.05, 0) is 5.56 Å². The molecular weight excluding hydrogens is 431 g/mol. The standard InChI is InChI=1S/C8H6NO3.W.Y/c9-8(12)6-3-5(4-10)1-2-7(6)11;;/h1-3H,(H3,9,10,11,12);;/q-1;;/p-1. The Labute approximate surface area is 120 Å². The molecule has 14 heavy (non-hydrogen) atoms. The Kier molecular flexibility index (Phi) is 8.51. The number of benzene rings is 1. The van der Waals surface area contributed by atoms with Crippen molar-refractivity contribution < 1.29 is 68.5 Å². The molecule has 1 amide bonds. The third kappa shape index (κ3) is 3.99. The topological polar surface area (TPSA) is 78.2 Å². The van der Waals surface area contributed by atoms with E-state index in [-0.39, 0.29) is 70.7 Å². The minimum Gasteiger partial charge on any atom is -0.664 e. The summed E-state index contributed by atoms with van der Waals surface area (Å²) in [6, 6.07) is 3.62. The Morgan fingerprint density at radius 3 is 2.43 bits per heavy atom. The van der Waals surface area contributed by atoms with Crippen molar-refractivity contribution in [2.24, 2.45) is 0 Å². The first kappa shape index (κ1) is 16.4. The number of phenolic OH excluding ortho intramolecular Hbond substituents is 1. The van der Waals surface area contributed by atoms with Crippen molar-refractivity contribution in [2.75, 3.05) is 0 Å². The molecule has 0 aliphatic heterocycles. The normalized spacial score (nSPS) is 8.00. The van der Waals surface area contributed by atoms with Crippen LogP contribution in [0, 0.1) is 0 Å². The van der Waals surface area contributed by atoms with E-state index >= 15 is 0 Å². The zero-order valence-corrected chi connectivity index (χ0v) is 12.8. The second-order valence-corrected chi connectivity index (χ2v) is 2.16. The Balaban J connectivity index is 0. The maximum absolute atomic E-state index is 10.5. The van der Waals surface area contributed by atoms with E-state index in [0.29, 0.717) is 0 Å². The molecule has 0 aliphatic rings. The van der Waals surface area contributed by atoms with Gasteiger partial charge in [-0.1, -0.05) is 6.07 Å². The summed E-state index contributed by atoms with van der Waals surface area (Å²) >= 11 is 0. The van der Waals surface area contributed by atoms with Crippen molar-refractivity contribution in [1.82, 2.24) is 0 Å². The molecule has 1 radical (unpaired) electrons. The molecule has 4 nitrogen and oxygen atoms in total. The molecule has 0 aromatic heterocycles. The number of amides is 1. The van der Waals surface area contributed by atoms with Gasteiger partial charge in [0.1, 0.15) is 5.75 Å². The number of rotatable bonds is 2. The molecule has 2 N–H and O–H groups in total. The number of carbonyl (C=O) groups is 1. The van der Waals surface area contributed by atoms with Gasteiger partial charge in [-0.3, -0.25) is 0 Å². The summed E-state index contributed by atoms with van der Waals surface area (Å²) in [5, 5.41) is 9.03. The van der Waals surface area contributed by atoms with Crippen LogP contribution in [0.3, 0.4) is 0 Å². The maximum atomic E-state index is 10.5. The molecule has 0 unspecified atom stereocenters. The van der Waals surface area contributed by atoms with Crippen LogP contribution in [-0.2, 0) is 58.6 Å². The zero-order chi connectivity index (χ0) is 9.14. The average Bonchev–Trinajstić information content (AvgIpc) is 2.05. The number of hydrogen-bond donors (Lipinski definition) is 1. The Morgan fingerprint density at radius 1 is 1.43 bits per heavy atom. The van der Waals surface area contributed by atoms with Crippen LogP contribution >= 0.6 is 0 Å². The van der Waals surface area contributed by atoms with Crippen molar-refractivity contribution in [3.05, 3.63) is 35.1 Å². The molecule has 0 aliphatic carbocycles. The van der Waals surface area contributed by atoms with E-state index in [0.717, 1.165) is 6.07 Å².